The van der Waals surface area contributed by atoms with Crippen molar-refractivity contribution in [2.24, 2.45) is 11.7 Å². The number of ether oxygens (including phenoxy) is 2. The molecule has 0 unspecified atom stereocenters. The summed E-state index contributed by atoms with van der Waals surface area (Å²) in [7, 11) is 2.90. The Morgan fingerprint density at radius 3 is 2.64 bits per heavy atom. The molecule has 168 valence electrons. The zero-order valence-electron chi connectivity index (χ0n) is 17.7. The number of amides is 3. The molecule has 3 N–H and O–H groups in total. The number of methoxy groups -OCH3 is 1. The second kappa shape index (κ2) is 7.66. The lowest BCUT2D eigenvalue weighted by Crippen LogP contribution is -2.39. The van der Waals surface area contributed by atoms with E-state index in [1.165, 1.54) is 26.3 Å². The molecule has 3 aliphatic rings. The molecular weight excluding hydrogens is 446 g/mol. The first-order chi connectivity index (χ1) is 15.9. The van der Waals surface area contributed by atoms with Crippen LogP contribution in [0.5, 0.6) is 11.5 Å². The van der Waals surface area contributed by atoms with Crippen molar-refractivity contribution in [3.05, 3.63) is 64.2 Å². The minimum absolute atomic E-state index is 0.162. The molecule has 1 fully saturated rings. The maximum absolute atomic E-state index is 13.8. The van der Waals surface area contributed by atoms with Gasteiger partial charge in [0.25, 0.3) is 5.91 Å². The molecule has 3 atom stereocenters. The van der Waals surface area contributed by atoms with E-state index in [1.54, 1.807) is 30.3 Å². The number of carbonyl (C=O) groups excluding carboxylic acids is 4. The first-order valence-electron chi connectivity index (χ1n) is 10.1. The van der Waals surface area contributed by atoms with Crippen LogP contribution in [0.3, 0.4) is 0 Å². The first-order valence-corrected chi connectivity index (χ1v) is 11.0. The predicted molar refractivity (Wildman–Crippen MR) is 120 cm³/mol. The van der Waals surface area contributed by atoms with E-state index in [2.05, 4.69) is 5.32 Å². The Kier molecular flexibility index (Phi) is 4.89. The van der Waals surface area contributed by atoms with Crippen LogP contribution in [0.1, 0.15) is 21.8 Å². The third kappa shape index (κ3) is 3.01. The molecule has 5 rings (SSSR count). The minimum Gasteiger partial charge on any atom is -0.495 e. The maximum atomic E-state index is 13.8. The number of rotatable bonds is 3. The summed E-state index contributed by atoms with van der Waals surface area (Å²) >= 11 is 0.984. The number of para-hydroxylation sites is 1. The average molecular weight is 465 g/mol. The second-order valence-electron chi connectivity index (χ2n) is 7.72. The van der Waals surface area contributed by atoms with Gasteiger partial charge in [0.15, 0.2) is 0 Å². The van der Waals surface area contributed by atoms with E-state index in [0.717, 1.165) is 16.7 Å². The van der Waals surface area contributed by atoms with Crippen LogP contribution in [0.2, 0.25) is 0 Å². The maximum Gasteiger partial charge on any atom is 0.342 e. The SMILES string of the molecule is CNC(=O)c1ccc(OC)c(N2C(=O)[C@H]3[C@@H](SC(N)=C4C(=O)Oc5ccccc5[C@H]43)C2=O)c1. The van der Waals surface area contributed by atoms with Gasteiger partial charge in [0.05, 0.1) is 29.3 Å². The molecule has 33 heavy (non-hydrogen) atoms. The molecule has 2 aromatic carbocycles. The highest BCUT2D eigenvalue weighted by molar-refractivity contribution is 8.04. The molecule has 1 saturated heterocycles. The molecule has 9 nitrogen and oxygen atoms in total. The Bertz CT molecular complexity index is 1270. The van der Waals surface area contributed by atoms with Crippen LogP contribution in [0.4, 0.5) is 5.69 Å². The number of nitrogens with zero attached hydrogens (tertiary/aromatic N) is 1. The Labute approximate surface area is 192 Å². The van der Waals surface area contributed by atoms with Crippen molar-refractivity contribution in [2.45, 2.75) is 11.2 Å². The lowest BCUT2D eigenvalue weighted by Gasteiger charge is -2.36. The van der Waals surface area contributed by atoms with Crippen LogP contribution in [-0.4, -0.2) is 43.1 Å². The van der Waals surface area contributed by atoms with E-state index >= 15 is 0 Å². The number of hydrogen-bond donors (Lipinski definition) is 2. The van der Waals surface area contributed by atoms with Crippen molar-refractivity contribution < 1.29 is 28.7 Å². The minimum atomic E-state index is -0.868. The van der Waals surface area contributed by atoms with Gasteiger partial charge < -0.3 is 20.5 Å². The molecule has 10 heteroatoms. The molecule has 2 aromatic rings. The molecule has 0 aromatic heterocycles. The van der Waals surface area contributed by atoms with Crippen LogP contribution in [0, 0.1) is 5.92 Å². The van der Waals surface area contributed by atoms with Gasteiger partial charge in [0.1, 0.15) is 16.7 Å². The van der Waals surface area contributed by atoms with Crippen LogP contribution >= 0.6 is 11.8 Å². The molecule has 3 aliphatic heterocycles. The first kappa shape index (κ1) is 21.1. The summed E-state index contributed by atoms with van der Waals surface area (Å²) in [6, 6.07) is 11.4. The van der Waals surface area contributed by atoms with Crippen LogP contribution in [-0.2, 0) is 14.4 Å². The highest BCUT2D eigenvalue weighted by Gasteiger charge is 2.59. The molecule has 3 heterocycles. The highest BCUT2D eigenvalue weighted by atomic mass is 32.2. The van der Waals surface area contributed by atoms with E-state index in [-0.39, 0.29) is 33.5 Å². The Balaban J connectivity index is 1.65. The van der Waals surface area contributed by atoms with Gasteiger partial charge in [0, 0.05) is 24.1 Å². The number of benzene rings is 2. The number of carbonyl (C=O) groups is 4. The summed E-state index contributed by atoms with van der Waals surface area (Å²) in [5, 5.41) is 1.85. The van der Waals surface area contributed by atoms with Crippen molar-refractivity contribution in [1.29, 1.82) is 0 Å². The van der Waals surface area contributed by atoms with Crippen LogP contribution in [0.25, 0.3) is 0 Å². The standard InChI is InChI=1S/C23H19N3O6S/c1-25-20(27)10-7-8-14(31-2)12(9-10)26-21(28)16-15-11-5-3-4-6-13(11)32-23(30)17(15)19(24)33-18(16)22(26)29/h3-9,15-16,18H,24H2,1-2H3,(H,25,27)/t15-,16+,18+/m0/s1. The Morgan fingerprint density at radius 2 is 1.91 bits per heavy atom. The largest absolute Gasteiger partial charge is 0.495 e. The zero-order chi connectivity index (χ0) is 23.4. The van der Waals surface area contributed by atoms with E-state index in [4.69, 9.17) is 15.2 Å². The summed E-state index contributed by atoms with van der Waals surface area (Å²) in [6.07, 6.45) is 0. The summed E-state index contributed by atoms with van der Waals surface area (Å²) < 4.78 is 10.8. The van der Waals surface area contributed by atoms with Crippen molar-refractivity contribution in [2.75, 3.05) is 19.1 Å². The average Bonchev–Trinajstić information content (AvgIpc) is 3.07. The normalized spacial score (nSPS) is 23.5. The molecule has 0 aliphatic carbocycles. The topological polar surface area (TPSA) is 128 Å². The fourth-order valence-electron chi connectivity index (χ4n) is 4.59. The van der Waals surface area contributed by atoms with Crippen molar-refractivity contribution >= 4 is 41.1 Å². The van der Waals surface area contributed by atoms with E-state index in [1.807, 2.05) is 0 Å². The summed E-state index contributed by atoms with van der Waals surface area (Å²) in [5.41, 5.74) is 7.45. The van der Waals surface area contributed by atoms with Gasteiger partial charge >= 0.3 is 5.97 Å². The van der Waals surface area contributed by atoms with E-state index < -0.39 is 34.9 Å². The zero-order valence-corrected chi connectivity index (χ0v) is 18.5. The number of nitrogens with one attached hydrogen (secondary N) is 1. The molecule has 0 radical (unpaired) electrons. The number of thioether (sulfide) groups is 1. The van der Waals surface area contributed by atoms with Crippen molar-refractivity contribution in [3.8, 4) is 11.5 Å². The monoisotopic (exact) mass is 465 g/mol. The molecule has 0 spiro atoms. The number of hydrogen-bond acceptors (Lipinski definition) is 8. The number of esters is 1. The Morgan fingerprint density at radius 1 is 1.15 bits per heavy atom. The number of fused-ring (bicyclic) bond motifs is 5. The molecular formula is C23H19N3O6S. The summed E-state index contributed by atoms with van der Waals surface area (Å²) in [6.45, 7) is 0. The van der Waals surface area contributed by atoms with E-state index in [0.29, 0.717) is 11.3 Å². The van der Waals surface area contributed by atoms with Gasteiger partial charge in [-0.25, -0.2) is 9.69 Å². The smallest absolute Gasteiger partial charge is 0.342 e. The number of anilines is 1. The van der Waals surface area contributed by atoms with E-state index in [9.17, 15) is 19.2 Å². The van der Waals surface area contributed by atoms with Gasteiger partial charge in [-0.2, -0.15) is 0 Å². The van der Waals surface area contributed by atoms with Crippen molar-refractivity contribution in [3.63, 3.8) is 0 Å². The third-order valence-electron chi connectivity index (χ3n) is 6.07. The number of imide groups is 1. The van der Waals surface area contributed by atoms with Crippen LogP contribution in [0.15, 0.2) is 53.1 Å². The highest BCUT2D eigenvalue weighted by Crippen LogP contribution is 2.55. The predicted octanol–water partition coefficient (Wildman–Crippen LogP) is 1.53. The van der Waals surface area contributed by atoms with Gasteiger partial charge in [-0.15, -0.1) is 0 Å². The van der Waals surface area contributed by atoms with Gasteiger partial charge in [0.2, 0.25) is 11.8 Å². The lowest BCUT2D eigenvalue weighted by molar-refractivity contribution is -0.131. The van der Waals surface area contributed by atoms with Gasteiger partial charge in [-0.3, -0.25) is 14.4 Å². The molecule has 3 amide bonds. The fourth-order valence-corrected chi connectivity index (χ4v) is 5.83. The van der Waals surface area contributed by atoms with Gasteiger partial charge in [-0.05, 0) is 24.3 Å². The quantitative estimate of drug-likeness (QED) is 0.397. The van der Waals surface area contributed by atoms with Crippen LogP contribution < -0.4 is 25.4 Å². The third-order valence-corrected chi connectivity index (χ3v) is 7.29. The second-order valence-corrected chi connectivity index (χ2v) is 8.91. The lowest BCUT2D eigenvalue weighted by atomic mass is 9.77. The fraction of sp³-hybridized carbons (Fsp3) is 0.217. The molecule has 0 saturated carbocycles. The van der Waals surface area contributed by atoms with Crippen molar-refractivity contribution in [1.82, 2.24) is 5.32 Å². The molecule has 0 bridgehead atoms. The summed E-state index contributed by atoms with van der Waals surface area (Å²) in [5.74, 6) is -2.97. The Hall–Kier alpha value is -3.79. The summed E-state index contributed by atoms with van der Waals surface area (Å²) in [4.78, 5) is 53.2. The number of nitrogens with two attached hydrogens (primary N) is 1. The van der Waals surface area contributed by atoms with Gasteiger partial charge in [-0.1, -0.05) is 30.0 Å².